The SMILES string of the molecule is CC(C)(C)O[C@@H]1C[C@H](Nc2nc(N)nc(N)n2)C1(C)C. The van der Waals surface area contributed by atoms with Gasteiger partial charge in [-0.3, -0.25) is 0 Å². The molecule has 0 unspecified atom stereocenters. The molecule has 1 aliphatic carbocycles. The Morgan fingerprint density at radius 2 is 1.70 bits per heavy atom. The van der Waals surface area contributed by atoms with E-state index in [0.717, 1.165) is 6.42 Å². The summed E-state index contributed by atoms with van der Waals surface area (Å²) in [4.78, 5) is 11.8. The van der Waals surface area contributed by atoms with Crippen molar-refractivity contribution in [3.05, 3.63) is 0 Å². The van der Waals surface area contributed by atoms with Crippen LogP contribution in [-0.4, -0.2) is 32.7 Å². The maximum absolute atomic E-state index is 6.06. The van der Waals surface area contributed by atoms with Crippen LogP contribution in [0.25, 0.3) is 0 Å². The van der Waals surface area contributed by atoms with Gasteiger partial charge in [-0.1, -0.05) is 13.8 Å². The van der Waals surface area contributed by atoms with Gasteiger partial charge in [0.2, 0.25) is 17.8 Å². The normalized spacial score (nSPS) is 25.1. The van der Waals surface area contributed by atoms with Crippen LogP contribution in [0.3, 0.4) is 0 Å². The molecule has 0 radical (unpaired) electrons. The summed E-state index contributed by atoms with van der Waals surface area (Å²) in [6, 6.07) is 0.219. The summed E-state index contributed by atoms with van der Waals surface area (Å²) >= 11 is 0. The number of ether oxygens (including phenoxy) is 1. The summed E-state index contributed by atoms with van der Waals surface area (Å²) < 4.78 is 6.06. The average Bonchev–Trinajstić information content (AvgIpc) is 2.24. The molecule has 0 aromatic carbocycles. The fourth-order valence-electron chi connectivity index (χ4n) is 2.39. The van der Waals surface area contributed by atoms with E-state index in [4.69, 9.17) is 16.2 Å². The average molecular weight is 280 g/mol. The van der Waals surface area contributed by atoms with Gasteiger partial charge in [0, 0.05) is 11.5 Å². The predicted octanol–water partition coefficient (Wildman–Crippen LogP) is 1.43. The Labute approximate surface area is 119 Å². The first kappa shape index (κ1) is 14.8. The third-order valence-electron chi connectivity index (χ3n) is 3.65. The van der Waals surface area contributed by atoms with Crippen molar-refractivity contribution in [2.24, 2.45) is 5.41 Å². The van der Waals surface area contributed by atoms with E-state index >= 15 is 0 Å². The lowest BCUT2D eigenvalue weighted by molar-refractivity contribution is -0.162. The number of rotatable bonds is 3. The number of nitrogens with one attached hydrogen (secondary N) is 1. The highest BCUT2D eigenvalue weighted by atomic mass is 16.5. The molecule has 7 heteroatoms. The smallest absolute Gasteiger partial charge is 0.229 e. The van der Waals surface area contributed by atoms with E-state index in [9.17, 15) is 0 Å². The van der Waals surface area contributed by atoms with Gasteiger partial charge in [-0.25, -0.2) is 0 Å². The predicted molar refractivity (Wildman–Crippen MR) is 79.1 cm³/mol. The van der Waals surface area contributed by atoms with Crippen LogP contribution in [0.2, 0.25) is 0 Å². The number of nitrogen functional groups attached to an aromatic ring is 2. The van der Waals surface area contributed by atoms with Crippen molar-refractivity contribution in [3.63, 3.8) is 0 Å². The molecule has 0 spiro atoms. The van der Waals surface area contributed by atoms with Crippen molar-refractivity contribution < 1.29 is 4.74 Å². The molecule has 1 aromatic rings. The standard InChI is InChI=1S/C13H24N6O/c1-12(2,3)20-8-6-7(13(8,4)5)16-11-18-9(14)17-10(15)19-11/h7-8H,6H2,1-5H3,(H5,14,15,16,17,18,19)/t7-,8+/m0/s1. The molecule has 2 atom stereocenters. The van der Waals surface area contributed by atoms with Gasteiger partial charge in [0.15, 0.2) is 0 Å². The molecule has 112 valence electrons. The van der Waals surface area contributed by atoms with Crippen molar-refractivity contribution >= 4 is 17.8 Å². The molecular weight excluding hydrogens is 256 g/mol. The van der Waals surface area contributed by atoms with E-state index in [1.807, 2.05) is 0 Å². The lowest BCUT2D eigenvalue weighted by atomic mass is 9.64. The van der Waals surface area contributed by atoms with Gasteiger partial charge in [0.25, 0.3) is 0 Å². The molecular formula is C13H24N6O. The van der Waals surface area contributed by atoms with Gasteiger partial charge in [0.1, 0.15) is 0 Å². The van der Waals surface area contributed by atoms with E-state index in [-0.39, 0.29) is 35.1 Å². The fourth-order valence-corrected chi connectivity index (χ4v) is 2.39. The Balaban J connectivity index is 2.02. The van der Waals surface area contributed by atoms with E-state index < -0.39 is 0 Å². The Kier molecular flexibility index (Phi) is 3.49. The lowest BCUT2D eigenvalue weighted by Crippen LogP contribution is -2.59. The molecule has 0 amide bonds. The van der Waals surface area contributed by atoms with Gasteiger partial charge < -0.3 is 21.5 Å². The molecule has 1 aliphatic rings. The zero-order valence-electron chi connectivity index (χ0n) is 12.8. The van der Waals surface area contributed by atoms with Crippen molar-refractivity contribution in [2.75, 3.05) is 16.8 Å². The molecule has 1 fully saturated rings. The van der Waals surface area contributed by atoms with Gasteiger partial charge in [-0.05, 0) is 27.2 Å². The van der Waals surface area contributed by atoms with Crippen LogP contribution in [0.15, 0.2) is 0 Å². The van der Waals surface area contributed by atoms with Crippen LogP contribution in [0.5, 0.6) is 0 Å². The Hall–Kier alpha value is -1.63. The maximum Gasteiger partial charge on any atom is 0.229 e. The summed E-state index contributed by atoms with van der Waals surface area (Å²) in [6.07, 6.45) is 1.10. The zero-order chi connectivity index (χ0) is 15.1. The summed E-state index contributed by atoms with van der Waals surface area (Å²) in [5.74, 6) is 0.668. The number of aromatic nitrogens is 3. The summed E-state index contributed by atoms with van der Waals surface area (Å²) in [6.45, 7) is 10.5. The number of nitrogens with two attached hydrogens (primary N) is 2. The number of hydrogen-bond acceptors (Lipinski definition) is 7. The van der Waals surface area contributed by atoms with Crippen LogP contribution in [0.4, 0.5) is 17.8 Å². The molecule has 5 N–H and O–H groups in total. The highest BCUT2D eigenvalue weighted by Gasteiger charge is 2.50. The van der Waals surface area contributed by atoms with Crippen molar-refractivity contribution in [1.82, 2.24) is 15.0 Å². The first-order valence-electron chi connectivity index (χ1n) is 6.79. The highest BCUT2D eigenvalue weighted by molar-refractivity contribution is 5.39. The molecule has 20 heavy (non-hydrogen) atoms. The van der Waals surface area contributed by atoms with E-state index in [1.54, 1.807) is 0 Å². The lowest BCUT2D eigenvalue weighted by Gasteiger charge is -2.53. The van der Waals surface area contributed by atoms with Crippen LogP contribution < -0.4 is 16.8 Å². The van der Waals surface area contributed by atoms with Crippen LogP contribution in [-0.2, 0) is 4.74 Å². The van der Waals surface area contributed by atoms with E-state index in [1.165, 1.54) is 0 Å². The van der Waals surface area contributed by atoms with Gasteiger partial charge in [-0.15, -0.1) is 0 Å². The minimum Gasteiger partial charge on any atom is -0.372 e. The van der Waals surface area contributed by atoms with Gasteiger partial charge in [-0.2, -0.15) is 15.0 Å². The molecule has 1 heterocycles. The molecule has 7 nitrogen and oxygen atoms in total. The Morgan fingerprint density at radius 1 is 1.15 bits per heavy atom. The Bertz CT molecular complexity index is 476. The molecule has 1 saturated carbocycles. The molecule has 2 rings (SSSR count). The second-order valence-corrected chi connectivity index (χ2v) is 6.85. The molecule has 0 aliphatic heterocycles. The second kappa shape index (κ2) is 4.73. The minimum absolute atomic E-state index is 0.0105. The Morgan fingerprint density at radius 3 is 2.15 bits per heavy atom. The number of nitrogens with zero attached hydrogens (tertiary/aromatic N) is 3. The second-order valence-electron chi connectivity index (χ2n) is 6.85. The minimum atomic E-state index is -0.144. The van der Waals surface area contributed by atoms with Crippen molar-refractivity contribution in [3.8, 4) is 0 Å². The quantitative estimate of drug-likeness (QED) is 0.767. The zero-order valence-corrected chi connectivity index (χ0v) is 12.8. The summed E-state index contributed by atoms with van der Waals surface area (Å²) in [7, 11) is 0. The maximum atomic E-state index is 6.06. The van der Waals surface area contributed by atoms with Crippen LogP contribution >= 0.6 is 0 Å². The summed E-state index contributed by atoms with van der Waals surface area (Å²) in [5.41, 5.74) is 11.0. The first-order valence-corrected chi connectivity index (χ1v) is 6.79. The molecule has 0 saturated heterocycles. The van der Waals surface area contributed by atoms with Crippen LogP contribution in [0, 0.1) is 5.41 Å². The van der Waals surface area contributed by atoms with Gasteiger partial charge >= 0.3 is 0 Å². The van der Waals surface area contributed by atoms with Crippen molar-refractivity contribution in [1.29, 1.82) is 0 Å². The van der Waals surface area contributed by atoms with Crippen molar-refractivity contribution in [2.45, 2.75) is 58.8 Å². The first-order chi connectivity index (χ1) is 9.08. The monoisotopic (exact) mass is 280 g/mol. The fraction of sp³-hybridized carbons (Fsp3) is 0.769. The molecule has 1 aromatic heterocycles. The van der Waals surface area contributed by atoms with E-state index in [2.05, 4.69) is 54.9 Å². The number of anilines is 3. The third kappa shape index (κ3) is 3.09. The third-order valence-corrected chi connectivity index (χ3v) is 3.65. The molecule has 0 bridgehead atoms. The largest absolute Gasteiger partial charge is 0.372 e. The summed E-state index contributed by atoms with van der Waals surface area (Å²) in [5, 5.41) is 3.26. The van der Waals surface area contributed by atoms with E-state index in [0.29, 0.717) is 5.95 Å². The van der Waals surface area contributed by atoms with Crippen LogP contribution in [0.1, 0.15) is 41.0 Å². The number of hydrogen-bond donors (Lipinski definition) is 3. The van der Waals surface area contributed by atoms with Gasteiger partial charge in [0.05, 0.1) is 11.7 Å². The topological polar surface area (TPSA) is 112 Å². The highest BCUT2D eigenvalue weighted by Crippen LogP contribution is 2.45.